The van der Waals surface area contributed by atoms with Gasteiger partial charge in [-0.15, -0.1) is 12.4 Å². The van der Waals surface area contributed by atoms with Gasteiger partial charge in [0.2, 0.25) is 5.91 Å². The molecule has 23 heavy (non-hydrogen) atoms. The predicted molar refractivity (Wildman–Crippen MR) is 95.9 cm³/mol. The summed E-state index contributed by atoms with van der Waals surface area (Å²) in [5, 5.41) is 2.95. The minimum absolute atomic E-state index is 0. The van der Waals surface area contributed by atoms with Crippen LogP contribution in [0.15, 0.2) is 12.1 Å². The Morgan fingerprint density at radius 3 is 2.26 bits per heavy atom. The lowest BCUT2D eigenvalue weighted by Gasteiger charge is -2.23. The van der Waals surface area contributed by atoms with Crippen molar-refractivity contribution in [1.29, 1.82) is 0 Å². The van der Waals surface area contributed by atoms with Crippen LogP contribution in [0.2, 0.25) is 0 Å². The number of nitrogens with two attached hydrogens (primary N) is 1. The second-order valence-corrected chi connectivity index (χ2v) is 5.41. The van der Waals surface area contributed by atoms with Crippen LogP contribution in [-0.2, 0) is 4.79 Å². The molecule has 0 fully saturated rings. The molecular formula is C17H29ClN2O3. The number of carbonyl (C=O) groups excluding carboxylic acids is 1. The highest BCUT2D eigenvalue weighted by atomic mass is 35.5. The Labute approximate surface area is 145 Å². The summed E-state index contributed by atoms with van der Waals surface area (Å²) in [4.78, 5) is 11.7. The second-order valence-electron chi connectivity index (χ2n) is 5.41. The van der Waals surface area contributed by atoms with E-state index in [1.165, 1.54) is 0 Å². The van der Waals surface area contributed by atoms with Gasteiger partial charge in [0.15, 0.2) is 0 Å². The van der Waals surface area contributed by atoms with Crippen LogP contribution in [0.3, 0.4) is 0 Å². The van der Waals surface area contributed by atoms with Crippen molar-refractivity contribution in [2.45, 2.75) is 39.0 Å². The van der Waals surface area contributed by atoms with Crippen molar-refractivity contribution >= 4 is 18.3 Å². The lowest BCUT2D eigenvalue weighted by atomic mass is 9.91. The molecule has 1 atom stereocenters. The monoisotopic (exact) mass is 344 g/mol. The van der Waals surface area contributed by atoms with Crippen LogP contribution < -0.4 is 20.5 Å². The lowest BCUT2D eigenvalue weighted by Crippen LogP contribution is -2.30. The first kappa shape index (κ1) is 21.5. The van der Waals surface area contributed by atoms with Gasteiger partial charge >= 0.3 is 0 Å². The molecule has 3 N–H and O–H groups in total. The third-order valence-electron chi connectivity index (χ3n) is 3.65. The van der Waals surface area contributed by atoms with Gasteiger partial charge < -0.3 is 20.5 Å². The summed E-state index contributed by atoms with van der Waals surface area (Å²) in [7, 11) is 3.32. The fourth-order valence-electron chi connectivity index (χ4n) is 2.63. The maximum atomic E-state index is 11.7. The number of nitrogens with one attached hydrogen (secondary N) is 1. The molecule has 1 unspecified atom stereocenters. The Balaban J connectivity index is 0.00000484. The fraction of sp³-hybridized carbons (Fsp3) is 0.588. The molecule has 0 bridgehead atoms. The first-order chi connectivity index (χ1) is 10.6. The molecule has 0 aromatic heterocycles. The van der Waals surface area contributed by atoms with E-state index in [0.29, 0.717) is 19.5 Å². The highest BCUT2D eigenvalue weighted by Gasteiger charge is 2.21. The maximum absolute atomic E-state index is 11.7. The Kier molecular flexibility index (Phi) is 10.4. The molecule has 0 spiro atoms. The quantitative estimate of drug-likeness (QED) is 0.722. The molecule has 132 valence electrons. The van der Waals surface area contributed by atoms with Crippen molar-refractivity contribution in [2.24, 2.45) is 5.73 Å². The minimum Gasteiger partial charge on any atom is -0.496 e. The predicted octanol–water partition coefficient (Wildman–Crippen LogP) is 2.78. The average Bonchev–Trinajstić information content (AvgIpc) is 2.51. The van der Waals surface area contributed by atoms with Crippen LogP contribution in [-0.4, -0.2) is 33.2 Å². The number of ether oxygens (including phenoxy) is 2. The molecule has 1 amide bonds. The van der Waals surface area contributed by atoms with Crippen LogP contribution in [0.1, 0.15) is 43.2 Å². The maximum Gasteiger partial charge on any atom is 0.221 e. The van der Waals surface area contributed by atoms with E-state index in [9.17, 15) is 4.79 Å². The van der Waals surface area contributed by atoms with Gasteiger partial charge in [0.05, 0.1) is 14.2 Å². The standard InChI is InChI=1S/C17H28N2O3.ClH/c1-5-6-13(11-19-16(20)7-8-18)17-14(21-3)9-12(2)10-15(17)22-4;/h9-10,13H,5-8,11,18H2,1-4H3,(H,19,20);1H. The van der Waals surface area contributed by atoms with Crippen molar-refractivity contribution in [1.82, 2.24) is 5.32 Å². The van der Waals surface area contributed by atoms with Crippen molar-refractivity contribution in [3.05, 3.63) is 23.3 Å². The Morgan fingerprint density at radius 2 is 1.83 bits per heavy atom. The fourth-order valence-corrected chi connectivity index (χ4v) is 2.63. The Bertz CT molecular complexity index is 470. The van der Waals surface area contributed by atoms with Crippen LogP contribution >= 0.6 is 12.4 Å². The average molecular weight is 345 g/mol. The van der Waals surface area contributed by atoms with Crippen molar-refractivity contribution < 1.29 is 14.3 Å². The second kappa shape index (κ2) is 11.1. The summed E-state index contributed by atoms with van der Waals surface area (Å²) in [6.45, 7) is 5.05. The molecule has 0 aliphatic heterocycles. The number of carbonyl (C=O) groups is 1. The molecule has 0 saturated heterocycles. The van der Waals surface area contributed by atoms with Crippen molar-refractivity contribution in [2.75, 3.05) is 27.3 Å². The normalized spacial score (nSPS) is 11.3. The van der Waals surface area contributed by atoms with E-state index in [-0.39, 0.29) is 24.2 Å². The first-order valence-electron chi connectivity index (χ1n) is 7.76. The van der Waals surface area contributed by atoms with E-state index in [4.69, 9.17) is 15.2 Å². The number of halogens is 1. The molecule has 5 nitrogen and oxygen atoms in total. The van der Waals surface area contributed by atoms with E-state index >= 15 is 0 Å². The third kappa shape index (κ3) is 6.28. The van der Waals surface area contributed by atoms with Crippen molar-refractivity contribution in [3.8, 4) is 11.5 Å². The van der Waals surface area contributed by atoms with Gasteiger partial charge in [0, 0.05) is 31.0 Å². The summed E-state index contributed by atoms with van der Waals surface area (Å²) in [6, 6.07) is 4.00. The largest absolute Gasteiger partial charge is 0.496 e. The number of methoxy groups -OCH3 is 2. The van der Waals surface area contributed by atoms with Gasteiger partial charge in [-0.3, -0.25) is 4.79 Å². The molecule has 0 aliphatic carbocycles. The zero-order chi connectivity index (χ0) is 16.5. The van der Waals surface area contributed by atoms with Gasteiger partial charge in [-0.2, -0.15) is 0 Å². The summed E-state index contributed by atoms with van der Waals surface area (Å²) >= 11 is 0. The molecule has 0 saturated carbocycles. The lowest BCUT2D eigenvalue weighted by molar-refractivity contribution is -0.120. The van der Waals surface area contributed by atoms with Gasteiger partial charge in [0.1, 0.15) is 11.5 Å². The van der Waals surface area contributed by atoms with E-state index < -0.39 is 0 Å². The molecule has 0 heterocycles. The Morgan fingerprint density at radius 1 is 1.26 bits per heavy atom. The van der Waals surface area contributed by atoms with Crippen LogP contribution in [0.4, 0.5) is 0 Å². The molecule has 6 heteroatoms. The van der Waals surface area contributed by atoms with Gasteiger partial charge in [-0.05, 0) is 31.0 Å². The van der Waals surface area contributed by atoms with Crippen LogP contribution in [0.25, 0.3) is 0 Å². The Hall–Kier alpha value is -1.46. The number of rotatable bonds is 9. The highest BCUT2D eigenvalue weighted by molar-refractivity contribution is 5.85. The summed E-state index contributed by atoms with van der Waals surface area (Å²) in [5.74, 6) is 1.75. The summed E-state index contributed by atoms with van der Waals surface area (Å²) < 4.78 is 11.1. The molecule has 0 radical (unpaired) electrons. The molecule has 1 aromatic carbocycles. The topological polar surface area (TPSA) is 73.6 Å². The van der Waals surface area contributed by atoms with Gasteiger partial charge in [-0.25, -0.2) is 0 Å². The number of aryl methyl sites for hydroxylation is 1. The van der Waals surface area contributed by atoms with Crippen molar-refractivity contribution in [3.63, 3.8) is 0 Å². The first-order valence-corrected chi connectivity index (χ1v) is 7.76. The molecule has 0 aliphatic rings. The highest BCUT2D eigenvalue weighted by Crippen LogP contribution is 2.38. The van der Waals surface area contributed by atoms with Crippen LogP contribution in [0, 0.1) is 6.92 Å². The zero-order valence-electron chi connectivity index (χ0n) is 14.5. The molecule has 1 aromatic rings. The van der Waals surface area contributed by atoms with E-state index in [2.05, 4.69) is 12.2 Å². The van der Waals surface area contributed by atoms with Crippen LogP contribution in [0.5, 0.6) is 11.5 Å². The van der Waals surface area contributed by atoms with E-state index in [0.717, 1.165) is 35.5 Å². The number of hydrogen-bond acceptors (Lipinski definition) is 4. The van der Waals surface area contributed by atoms with E-state index in [1.807, 2.05) is 19.1 Å². The molecular weight excluding hydrogens is 316 g/mol. The van der Waals surface area contributed by atoms with Gasteiger partial charge in [0.25, 0.3) is 0 Å². The smallest absolute Gasteiger partial charge is 0.221 e. The number of benzene rings is 1. The summed E-state index contributed by atoms with van der Waals surface area (Å²) in [6.07, 6.45) is 2.30. The number of hydrogen-bond donors (Lipinski definition) is 2. The summed E-state index contributed by atoms with van der Waals surface area (Å²) in [5.41, 5.74) is 7.51. The van der Waals surface area contributed by atoms with Gasteiger partial charge in [-0.1, -0.05) is 13.3 Å². The van der Waals surface area contributed by atoms with E-state index in [1.54, 1.807) is 14.2 Å². The minimum atomic E-state index is -0.0198. The molecule has 1 rings (SSSR count). The number of amides is 1. The third-order valence-corrected chi connectivity index (χ3v) is 3.65. The zero-order valence-corrected chi connectivity index (χ0v) is 15.3. The SMILES string of the molecule is CCCC(CNC(=O)CCN)c1c(OC)cc(C)cc1OC.Cl.